The lowest BCUT2D eigenvalue weighted by Crippen LogP contribution is -2.33. The van der Waals surface area contributed by atoms with Crippen molar-refractivity contribution in [2.24, 2.45) is 0 Å². The number of esters is 1. The zero-order valence-corrected chi connectivity index (χ0v) is 18.3. The zero-order valence-electron chi connectivity index (χ0n) is 14.9. The predicted molar refractivity (Wildman–Crippen MR) is 107 cm³/mol. The maximum Gasteiger partial charge on any atom is 0.340 e. The summed E-state index contributed by atoms with van der Waals surface area (Å²) < 4.78 is 17.5. The highest BCUT2D eigenvalue weighted by Gasteiger charge is 2.54. The van der Waals surface area contributed by atoms with Crippen molar-refractivity contribution in [2.45, 2.75) is 5.60 Å². The highest BCUT2D eigenvalue weighted by molar-refractivity contribution is 6.53. The highest BCUT2D eigenvalue weighted by atomic mass is 28.3. The molecule has 0 unspecified atom stereocenters. The van der Waals surface area contributed by atoms with E-state index in [1.807, 2.05) is 18.2 Å². The molecule has 3 aromatic rings. The standard InChI is InChI=1S/C20H16O6Si2/c21-10-4-6-12-15(8-10)24-16-9-11(22)5-7-13(16)20(12)14-2-1-3-17(28-26-27)18(14)19(23)25-20/h1-9,21-22H,28H2,27H3. The molecular formula is C20H16O6Si2. The Morgan fingerprint density at radius 1 is 0.929 bits per heavy atom. The predicted octanol–water partition coefficient (Wildman–Crippen LogP) is 0.672. The van der Waals surface area contributed by atoms with Crippen molar-refractivity contribution in [3.05, 3.63) is 76.9 Å². The number of carbonyl (C=O) groups is 1. The minimum Gasteiger partial charge on any atom is -0.508 e. The molecular weight excluding hydrogens is 392 g/mol. The van der Waals surface area contributed by atoms with Gasteiger partial charge in [0.15, 0.2) is 15.4 Å². The smallest absolute Gasteiger partial charge is 0.340 e. The fraction of sp³-hybridized carbons (Fsp3) is 0.0500. The van der Waals surface area contributed by atoms with Gasteiger partial charge in [0.25, 0.3) is 0 Å². The summed E-state index contributed by atoms with van der Waals surface area (Å²) in [5.41, 5.74) is 1.32. The molecule has 2 heterocycles. The van der Waals surface area contributed by atoms with Crippen LogP contribution in [0.1, 0.15) is 27.0 Å². The third-order valence-corrected chi connectivity index (χ3v) is 7.24. The topological polar surface area (TPSA) is 85.2 Å². The van der Waals surface area contributed by atoms with Crippen LogP contribution < -0.4 is 9.92 Å². The van der Waals surface area contributed by atoms with Crippen molar-refractivity contribution in [3.8, 4) is 23.0 Å². The Labute approximate surface area is 165 Å². The van der Waals surface area contributed by atoms with Gasteiger partial charge in [0.2, 0.25) is 0 Å². The van der Waals surface area contributed by atoms with Gasteiger partial charge in [-0.1, -0.05) is 18.2 Å². The molecule has 0 atom stereocenters. The van der Waals surface area contributed by atoms with Gasteiger partial charge in [-0.05, 0) is 29.5 Å². The first kappa shape index (κ1) is 17.1. The normalized spacial score (nSPS) is 15.9. The van der Waals surface area contributed by atoms with Crippen LogP contribution in [-0.4, -0.2) is 36.4 Å². The van der Waals surface area contributed by atoms with E-state index < -0.39 is 21.3 Å². The van der Waals surface area contributed by atoms with Crippen LogP contribution in [-0.2, 0) is 14.5 Å². The lowest BCUT2D eigenvalue weighted by Gasteiger charge is -2.36. The van der Waals surface area contributed by atoms with Crippen LogP contribution in [0, 0.1) is 0 Å². The summed E-state index contributed by atoms with van der Waals surface area (Å²) in [7, 11) is -0.406. The quantitative estimate of drug-likeness (QED) is 0.479. The fourth-order valence-corrected chi connectivity index (χ4v) is 6.05. The first-order chi connectivity index (χ1) is 13.5. The van der Waals surface area contributed by atoms with E-state index in [-0.39, 0.29) is 11.5 Å². The Balaban J connectivity index is 1.87. The van der Waals surface area contributed by atoms with Crippen LogP contribution in [0.2, 0.25) is 0 Å². The summed E-state index contributed by atoms with van der Waals surface area (Å²) in [6.07, 6.45) is 0. The maximum absolute atomic E-state index is 13.0. The molecule has 0 fully saturated rings. The van der Waals surface area contributed by atoms with Crippen LogP contribution in [0.15, 0.2) is 54.6 Å². The third-order valence-electron chi connectivity index (χ3n) is 5.19. The second-order valence-corrected chi connectivity index (χ2v) is 10.2. The highest BCUT2D eigenvalue weighted by Crippen LogP contribution is 2.56. The van der Waals surface area contributed by atoms with E-state index >= 15 is 0 Å². The molecule has 2 aliphatic heterocycles. The largest absolute Gasteiger partial charge is 0.508 e. The molecule has 0 saturated carbocycles. The van der Waals surface area contributed by atoms with E-state index in [9.17, 15) is 15.0 Å². The molecule has 3 aromatic carbocycles. The molecule has 0 amide bonds. The average molecular weight is 409 g/mol. The Morgan fingerprint density at radius 3 is 2.18 bits per heavy atom. The number of phenolic OH excluding ortho intramolecular Hbond substituents is 2. The Hall–Kier alpha value is -3.08. The van der Waals surface area contributed by atoms with E-state index in [0.717, 1.165) is 10.8 Å². The molecule has 2 N–H and O–H groups in total. The van der Waals surface area contributed by atoms with Crippen LogP contribution in [0.3, 0.4) is 0 Å². The second kappa shape index (κ2) is 5.96. The molecule has 0 bridgehead atoms. The fourth-order valence-electron chi connectivity index (χ4n) is 4.09. The van der Waals surface area contributed by atoms with Gasteiger partial charge in [-0.3, -0.25) is 0 Å². The lowest BCUT2D eigenvalue weighted by molar-refractivity contribution is 0.0224. The Kier molecular flexibility index (Phi) is 3.63. The Morgan fingerprint density at radius 2 is 1.57 bits per heavy atom. The Bertz CT molecular complexity index is 1090. The van der Waals surface area contributed by atoms with Crippen LogP contribution >= 0.6 is 0 Å². The number of hydrogen-bond donors (Lipinski definition) is 2. The van der Waals surface area contributed by atoms with Crippen LogP contribution in [0.5, 0.6) is 23.0 Å². The number of phenols is 2. The molecule has 140 valence electrons. The van der Waals surface area contributed by atoms with E-state index in [0.29, 0.717) is 38.7 Å². The molecule has 28 heavy (non-hydrogen) atoms. The van der Waals surface area contributed by atoms with Gasteiger partial charge in [0.1, 0.15) is 33.5 Å². The van der Waals surface area contributed by atoms with Crippen molar-refractivity contribution in [1.29, 1.82) is 0 Å². The van der Waals surface area contributed by atoms with E-state index in [4.69, 9.17) is 13.6 Å². The molecule has 0 aliphatic carbocycles. The van der Waals surface area contributed by atoms with Gasteiger partial charge in [0, 0.05) is 28.8 Å². The maximum atomic E-state index is 13.0. The SMILES string of the molecule is O=C1OC2(c3ccc(O)cc3Oc3cc(O)ccc32)c2cccc([SiH2]O[SiH3])c21. The van der Waals surface area contributed by atoms with Gasteiger partial charge >= 0.3 is 5.97 Å². The molecule has 1 spiro atoms. The first-order valence-electron chi connectivity index (χ1n) is 8.74. The monoisotopic (exact) mass is 408 g/mol. The summed E-state index contributed by atoms with van der Waals surface area (Å²) in [5.74, 6) is 0.415. The van der Waals surface area contributed by atoms with Gasteiger partial charge in [0.05, 0.1) is 5.56 Å². The summed E-state index contributed by atoms with van der Waals surface area (Å²) in [6, 6.07) is 15.2. The van der Waals surface area contributed by atoms with Crippen LogP contribution in [0.25, 0.3) is 0 Å². The van der Waals surface area contributed by atoms with Gasteiger partial charge in [-0.15, -0.1) is 0 Å². The van der Waals surface area contributed by atoms with Crippen LogP contribution in [0.4, 0.5) is 0 Å². The van der Waals surface area contributed by atoms with Gasteiger partial charge in [-0.2, -0.15) is 0 Å². The van der Waals surface area contributed by atoms with Crippen molar-refractivity contribution >= 4 is 31.4 Å². The molecule has 0 saturated heterocycles. The summed E-state index contributed by atoms with van der Waals surface area (Å²) in [4.78, 5) is 13.0. The summed E-state index contributed by atoms with van der Waals surface area (Å²) in [5, 5.41) is 20.8. The number of fused-ring (bicyclic) bond motifs is 6. The second-order valence-electron chi connectivity index (χ2n) is 6.81. The number of hydrogen-bond acceptors (Lipinski definition) is 6. The lowest BCUT2D eigenvalue weighted by atomic mass is 9.77. The number of benzene rings is 3. The van der Waals surface area contributed by atoms with Gasteiger partial charge in [-0.25, -0.2) is 4.79 Å². The van der Waals surface area contributed by atoms with E-state index in [1.54, 1.807) is 24.3 Å². The van der Waals surface area contributed by atoms with Gasteiger partial charge < -0.3 is 23.8 Å². The van der Waals surface area contributed by atoms with Crippen molar-refractivity contribution < 1.29 is 28.6 Å². The average Bonchev–Trinajstić information content (AvgIpc) is 2.96. The third kappa shape index (κ3) is 2.19. The number of carbonyl (C=O) groups excluding carboxylic acids is 1. The van der Waals surface area contributed by atoms with Crippen molar-refractivity contribution in [1.82, 2.24) is 0 Å². The van der Waals surface area contributed by atoms with E-state index in [1.165, 1.54) is 12.1 Å². The first-order valence-corrected chi connectivity index (χ1v) is 10.8. The minimum atomic E-state index is -1.20. The molecule has 5 rings (SSSR count). The minimum absolute atomic E-state index is 0.0348. The summed E-state index contributed by atoms with van der Waals surface area (Å²) >= 11 is 0. The number of ether oxygens (including phenoxy) is 2. The number of rotatable bonds is 2. The van der Waals surface area contributed by atoms with E-state index in [2.05, 4.69) is 0 Å². The van der Waals surface area contributed by atoms with Crippen molar-refractivity contribution in [2.75, 3.05) is 0 Å². The zero-order chi connectivity index (χ0) is 19.5. The van der Waals surface area contributed by atoms with Crippen molar-refractivity contribution in [3.63, 3.8) is 0 Å². The molecule has 2 aliphatic rings. The molecule has 0 aromatic heterocycles. The summed E-state index contributed by atoms with van der Waals surface area (Å²) in [6.45, 7) is 0. The number of aromatic hydroxyl groups is 2. The molecule has 0 radical (unpaired) electrons. The molecule has 8 heteroatoms. The molecule has 6 nitrogen and oxygen atoms in total.